The van der Waals surface area contributed by atoms with Crippen molar-refractivity contribution in [2.75, 3.05) is 5.73 Å². The first-order valence-corrected chi connectivity index (χ1v) is 7.49. The van der Waals surface area contributed by atoms with Crippen molar-refractivity contribution < 1.29 is 14.9 Å². The zero-order chi connectivity index (χ0) is 13.6. The molecule has 5 atom stereocenters. The minimum atomic E-state index is -1.02. The molecule has 1 aliphatic rings. The van der Waals surface area contributed by atoms with E-state index in [4.69, 9.17) is 10.5 Å². The molecule has 2 aromatic rings. The number of fused-ring (bicyclic) bond motifs is 1. The van der Waals surface area contributed by atoms with Gasteiger partial charge in [0.2, 0.25) is 0 Å². The maximum absolute atomic E-state index is 10.1. The molecule has 4 N–H and O–H groups in total. The van der Waals surface area contributed by atoms with Gasteiger partial charge in [0.15, 0.2) is 0 Å². The number of ether oxygens (including phenoxy) is 1. The summed E-state index contributed by atoms with van der Waals surface area (Å²) in [6.45, 7) is 0. The van der Waals surface area contributed by atoms with Crippen LogP contribution in [0.25, 0.3) is 11.2 Å². The van der Waals surface area contributed by atoms with Crippen LogP contribution in [0, 0.1) is 0 Å². The van der Waals surface area contributed by atoms with E-state index in [9.17, 15) is 10.2 Å². The SMILES string of the molecule is Nc1ncnc2c1ncn2[C@@H]1O[C@H](C[AsH2])C(O)C1O. The van der Waals surface area contributed by atoms with Crippen LogP contribution in [-0.2, 0) is 4.74 Å². The Morgan fingerprint density at radius 1 is 1.32 bits per heavy atom. The normalized spacial score (nSPS) is 31.1. The number of nitrogens with zero attached hydrogens (tertiary/aromatic N) is 4. The first kappa shape index (κ1) is 12.8. The van der Waals surface area contributed by atoms with Gasteiger partial charge in [-0.3, -0.25) is 0 Å². The van der Waals surface area contributed by atoms with Crippen LogP contribution in [0.2, 0.25) is 5.21 Å². The fourth-order valence-corrected chi connectivity index (χ4v) is 3.03. The van der Waals surface area contributed by atoms with Gasteiger partial charge in [-0.25, -0.2) is 0 Å². The number of hydrogen-bond acceptors (Lipinski definition) is 7. The molecule has 9 heteroatoms. The van der Waals surface area contributed by atoms with Gasteiger partial charge in [-0.05, 0) is 0 Å². The Morgan fingerprint density at radius 2 is 2.11 bits per heavy atom. The molecule has 0 spiro atoms. The van der Waals surface area contributed by atoms with Gasteiger partial charge >= 0.3 is 116 Å². The molecule has 3 heterocycles. The molecule has 19 heavy (non-hydrogen) atoms. The molecule has 1 aliphatic heterocycles. The monoisotopic (exact) mass is 327 g/mol. The molecule has 1 saturated heterocycles. The Kier molecular flexibility index (Phi) is 3.18. The third-order valence-corrected chi connectivity index (χ3v) is 4.21. The molecular formula is C10H14AsN5O3. The van der Waals surface area contributed by atoms with Crippen molar-refractivity contribution in [2.45, 2.75) is 29.7 Å². The number of aliphatic hydroxyl groups is 2. The molecular weight excluding hydrogens is 313 g/mol. The van der Waals surface area contributed by atoms with E-state index in [-0.39, 0.29) is 11.9 Å². The van der Waals surface area contributed by atoms with E-state index in [2.05, 4.69) is 15.0 Å². The summed E-state index contributed by atoms with van der Waals surface area (Å²) in [4.78, 5) is 12.1. The van der Waals surface area contributed by atoms with Crippen LogP contribution >= 0.6 is 0 Å². The number of anilines is 1. The predicted molar refractivity (Wildman–Crippen MR) is 69.0 cm³/mol. The van der Waals surface area contributed by atoms with Gasteiger partial charge in [-0.15, -0.1) is 0 Å². The molecule has 102 valence electrons. The van der Waals surface area contributed by atoms with Gasteiger partial charge in [0.05, 0.1) is 0 Å². The second-order valence-corrected chi connectivity index (χ2v) is 5.35. The molecule has 0 radical (unpaired) electrons. The minimum absolute atomic E-state index is 0.271. The van der Waals surface area contributed by atoms with Crippen LogP contribution in [0.3, 0.4) is 0 Å². The first-order chi connectivity index (χ1) is 9.13. The van der Waals surface area contributed by atoms with Crippen molar-refractivity contribution in [3.05, 3.63) is 12.7 Å². The van der Waals surface area contributed by atoms with E-state index in [0.29, 0.717) is 16.4 Å². The maximum atomic E-state index is 10.1. The van der Waals surface area contributed by atoms with Gasteiger partial charge in [-0.2, -0.15) is 0 Å². The fourth-order valence-electron chi connectivity index (χ4n) is 2.21. The third kappa shape index (κ3) is 1.91. The number of rotatable bonds is 2. The predicted octanol–water partition coefficient (Wildman–Crippen LogP) is -1.92. The van der Waals surface area contributed by atoms with E-state index in [1.807, 2.05) is 0 Å². The van der Waals surface area contributed by atoms with Crippen molar-refractivity contribution in [1.29, 1.82) is 0 Å². The number of nitrogens with two attached hydrogens (primary N) is 1. The van der Waals surface area contributed by atoms with E-state index < -0.39 is 18.4 Å². The standard InChI is InChI=1S/C10H14AsN5O3/c11-1-4-6(17)7(18)10(19-4)16-3-15-5-8(12)13-2-14-9(5)16/h2-4,6-7,10,17-18H,1,11H2,(H2,12,13,14)/t4-,6?,7?,10-/m1/s1. The Hall–Kier alpha value is -1.21. The van der Waals surface area contributed by atoms with Gasteiger partial charge in [-0.1, -0.05) is 0 Å². The molecule has 0 amide bonds. The average molecular weight is 327 g/mol. The second-order valence-electron chi connectivity index (χ2n) is 4.36. The summed E-state index contributed by atoms with van der Waals surface area (Å²) < 4.78 is 7.24. The Bertz CT molecular complexity index is 606. The van der Waals surface area contributed by atoms with Gasteiger partial charge in [0.25, 0.3) is 0 Å². The summed E-state index contributed by atoms with van der Waals surface area (Å²) in [5.41, 5.74) is 6.64. The van der Waals surface area contributed by atoms with Gasteiger partial charge < -0.3 is 0 Å². The zero-order valence-corrected chi connectivity index (χ0v) is 12.3. The van der Waals surface area contributed by atoms with Crippen LogP contribution in [0.4, 0.5) is 5.82 Å². The Morgan fingerprint density at radius 3 is 2.79 bits per heavy atom. The van der Waals surface area contributed by atoms with E-state index >= 15 is 0 Å². The number of imidazole rings is 1. The zero-order valence-electron chi connectivity index (χ0n) is 9.92. The van der Waals surface area contributed by atoms with Crippen LogP contribution < -0.4 is 5.73 Å². The van der Waals surface area contributed by atoms with Gasteiger partial charge in [0, 0.05) is 0 Å². The average Bonchev–Trinajstić information content (AvgIpc) is 2.94. The first-order valence-electron chi connectivity index (χ1n) is 5.78. The van der Waals surface area contributed by atoms with E-state index in [1.165, 1.54) is 29.5 Å². The Labute approximate surface area is 117 Å². The summed E-state index contributed by atoms with van der Waals surface area (Å²) in [6.07, 6.45) is -0.206. The second kappa shape index (κ2) is 4.72. The van der Waals surface area contributed by atoms with Crippen molar-refractivity contribution in [3.63, 3.8) is 0 Å². The molecule has 0 aromatic carbocycles. The molecule has 0 saturated carbocycles. The topological polar surface area (TPSA) is 119 Å². The molecule has 3 rings (SSSR count). The summed E-state index contributed by atoms with van der Waals surface area (Å²) in [5.74, 6) is 0.271. The summed E-state index contributed by atoms with van der Waals surface area (Å²) in [5, 5.41) is 20.6. The van der Waals surface area contributed by atoms with Crippen molar-refractivity contribution >= 4 is 33.8 Å². The summed E-state index contributed by atoms with van der Waals surface area (Å²) in [7, 11) is 0. The third-order valence-electron chi connectivity index (χ3n) is 3.23. The molecule has 0 bridgehead atoms. The van der Waals surface area contributed by atoms with Crippen molar-refractivity contribution in [2.24, 2.45) is 0 Å². The molecule has 0 aliphatic carbocycles. The van der Waals surface area contributed by atoms with Crippen molar-refractivity contribution in [1.82, 2.24) is 19.5 Å². The number of aliphatic hydroxyl groups excluding tert-OH is 2. The molecule has 1 fully saturated rings. The van der Waals surface area contributed by atoms with Crippen LogP contribution in [0.5, 0.6) is 0 Å². The van der Waals surface area contributed by atoms with E-state index in [0.717, 1.165) is 0 Å². The fraction of sp³-hybridized carbons (Fsp3) is 0.500. The number of nitrogen functional groups attached to an aromatic ring is 1. The van der Waals surface area contributed by atoms with Crippen molar-refractivity contribution in [3.8, 4) is 0 Å². The number of hydrogen-bond donors (Lipinski definition) is 3. The van der Waals surface area contributed by atoms with E-state index in [1.54, 1.807) is 4.57 Å². The summed E-state index contributed by atoms with van der Waals surface area (Å²) in [6, 6.07) is 0. The van der Waals surface area contributed by atoms with Gasteiger partial charge in [0.1, 0.15) is 0 Å². The quantitative estimate of drug-likeness (QED) is 0.550. The number of aromatic nitrogens is 4. The van der Waals surface area contributed by atoms with Crippen LogP contribution in [0.1, 0.15) is 6.23 Å². The molecule has 2 aromatic heterocycles. The Balaban J connectivity index is 2.04. The molecule has 3 unspecified atom stereocenters. The van der Waals surface area contributed by atoms with Crippen LogP contribution in [0.15, 0.2) is 12.7 Å². The summed E-state index contributed by atoms with van der Waals surface area (Å²) >= 11 is 1.44. The van der Waals surface area contributed by atoms with Crippen LogP contribution in [-0.4, -0.2) is 64.9 Å². The molecule has 8 nitrogen and oxygen atoms in total.